The quantitative estimate of drug-likeness (QED) is 0.234. The molecule has 0 aliphatic heterocycles. The smallest absolute Gasteiger partial charge is 0.253 e. The Balaban J connectivity index is 1.98. The fraction of sp³-hybridized carbons (Fsp3) is 0.379. The first-order valence-electron chi connectivity index (χ1n) is 12.8. The van der Waals surface area contributed by atoms with Crippen molar-refractivity contribution in [2.45, 2.75) is 46.8 Å². The van der Waals surface area contributed by atoms with Crippen LogP contribution < -0.4 is 21.5 Å². The number of aromatic nitrogens is 2. The molecule has 0 atom stereocenters. The standard InChI is InChI=1S/C29H39N7O2/c1-18(2)33-27-24(15-30)23(28(37)32-16-25-19(3)12-20(4)34-29(25)38)14-26(35-27)22-9-7-8-21(13-22)17-36(6)11-10-31-5/h7-9,12-15,18,30-31H,10-11,16-17H2,1-6H3,(H,32,37)(H,33,35)(H,34,38). The monoisotopic (exact) mass is 517 g/mol. The molecular formula is C29H39N7O2. The van der Waals surface area contributed by atoms with Crippen molar-refractivity contribution in [1.29, 1.82) is 5.41 Å². The fourth-order valence-electron chi connectivity index (χ4n) is 4.31. The van der Waals surface area contributed by atoms with Crippen LogP contribution in [0.2, 0.25) is 0 Å². The number of aromatic amines is 1. The number of nitrogens with one attached hydrogen (secondary N) is 5. The molecule has 0 bridgehead atoms. The summed E-state index contributed by atoms with van der Waals surface area (Å²) in [6, 6.07) is 11.8. The van der Waals surface area contributed by atoms with E-state index in [-0.39, 0.29) is 24.1 Å². The summed E-state index contributed by atoms with van der Waals surface area (Å²) in [5.74, 6) is 0.0971. The lowest BCUT2D eigenvalue weighted by atomic mass is 10.0. The Morgan fingerprint density at radius 3 is 2.63 bits per heavy atom. The number of carbonyl (C=O) groups excluding carboxylic acids is 1. The lowest BCUT2D eigenvalue weighted by Gasteiger charge is -2.18. The van der Waals surface area contributed by atoms with Gasteiger partial charge in [0.1, 0.15) is 5.82 Å². The van der Waals surface area contributed by atoms with Crippen LogP contribution in [-0.4, -0.2) is 60.2 Å². The van der Waals surface area contributed by atoms with Gasteiger partial charge in [-0.25, -0.2) is 4.98 Å². The molecule has 3 rings (SSSR count). The molecule has 9 nitrogen and oxygen atoms in total. The molecule has 0 aliphatic rings. The predicted molar refractivity (Wildman–Crippen MR) is 154 cm³/mol. The molecule has 3 aromatic rings. The van der Waals surface area contributed by atoms with E-state index in [0.29, 0.717) is 28.2 Å². The number of amides is 1. The van der Waals surface area contributed by atoms with Crippen molar-refractivity contribution >= 4 is 17.9 Å². The van der Waals surface area contributed by atoms with Gasteiger partial charge in [0.25, 0.3) is 11.5 Å². The molecule has 2 heterocycles. The third-order valence-electron chi connectivity index (χ3n) is 6.21. The van der Waals surface area contributed by atoms with Gasteiger partial charge in [-0.2, -0.15) is 0 Å². The third-order valence-corrected chi connectivity index (χ3v) is 6.21. The molecule has 202 valence electrons. The summed E-state index contributed by atoms with van der Waals surface area (Å²) in [6.45, 7) is 10.3. The summed E-state index contributed by atoms with van der Waals surface area (Å²) < 4.78 is 0. The number of anilines is 1. The molecular weight excluding hydrogens is 478 g/mol. The fourth-order valence-corrected chi connectivity index (χ4v) is 4.31. The van der Waals surface area contributed by atoms with Gasteiger partial charge in [-0.05, 0) is 71.1 Å². The van der Waals surface area contributed by atoms with Crippen LogP contribution in [0.1, 0.15) is 52.2 Å². The topological polar surface area (TPSA) is 126 Å². The number of rotatable bonds is 12. The van der Waals surface area contributed by atoms with E-state index in [1.54, 1.807) is 6.07 Å². The Hall–Kier alpha value is -3.82. The van der Waals surface area contributed by atoms with E-state index in [2.05, 4.69) is 45.0 Å². The maximum Gasteiger partial charge on any atom is 0.253 e. The third kappa shape index (κ3) is 7.36. The zero-order valence-corrected chi connectivity index (χ0v) is 23.2. The number of aryl methyl sites for hydroxylation is 2. The summed E-state index contributed by atoms with van der Waals surface area (Å²) in [7, 11) is 4.02. The average molecular weight is 518 g/mol. The number of hydrogen-bond acceptors (Lipinski definition) is 7. The van der Waals surface area contributed by atoms with Gasteiger partial charge in [-0.15, -0.1) is 0 Å². The maximum atomic E-state index is 13.4. The summed E-state index contributed by atoms with van der Waals surface area (Å²) >= 11 is 0. The highest BCUT2D eigenvalue weighted by Gasteiger charge is 2.19. The molecule has 38 heavy (non-hydrogen) atoms. The number of pyridine rings is 2. The van der Waals surface area contributed by atoms with Crippen molar-refractivity contribution in [3.05, 3.63) is 80.3 Å². The first-order chi connectivity index (χ1) is 18.1. The molecule has 0 spiro atoms. The molecule has 9 heteroatoms. The minimum Gasteiger partial charge on any atom is -0.367 e. The van der Waals surface area contributed by atoms with Crippen LogP contribution in [0.3, 0.4) is 0 Å². The average Bonchev–Trinajstić information content (AvgIpc) is 2.86. The van der Waals surface area contributed by atoms with Gasteiger partial charge in [-0.3, -0.25) is 9.59 Å². The van der Waals surface area contributed by atoms with Gasteiger partial charge in [-0.1, -0.05) is 18.2 Å². The number of likely N-dealkylation sites (N-methyl/N-ethyl adjacent to an activating group) is 2. The normalized spacial score (nSPS) is 11.2. The molecule has 0 radical (unpaired) electrons. The van der Waals surface area contributed by atoms with Crippen LogP contribution in [0, 0.1) is 19.3 Å². The van der Waals surface area contributed by atoms with Crippen LogP contribution in [0.5, 0.6) is 0 Å². The van der Waals surface area contributed by atoms with E-state index in [9.17, 15) is 9.59 Å². The second-order valence-corrected chi connectivity index (χ2v) is 9.93. The molecule has 0 aliphatic carbocycles. The van der Waals surface area contributed by atoms with Crippen LogP contribution in [-0.2, 0) is 13.1 Å². The van der Waals surface area contributed by atoms with Crippen LogP contribution >= 0.6 is 0 Å². The van der Waals surface area contributed by atoms with Gasteiger partial charge in [0, 0.05) is 60.8 Å². The van der Waals surface area contributed by atoms with Crippen molar-refractivity contribution in [3.8, 4) is 11.3 Å². The van der Waals surface area contributed by atoms with Gasteiger partial charge in [0.2, 0.25) is 0 Å². The molecule has 0 saturated carbocycles. The maximum absolute atomic E-state index is 13.4. The first kappa shape index (κ1) is 28.7. The molecule has 1 amide bonds. The number of hydrogen-bond donors (Lipinski definition) is 5. The minimum atomic E-state index is -0.374. The summed E-state index contributed by atoms with van der Waals surface area (Å²) in [5.41, 5.74) is 5.25. The summed E-state index contributed by atoms with van der Waals surface area (Å²) in [4.78, 5) is 35.7. The molecule has 5 N–H and O–H groups in total. The highest BCUT2D eigenvalue weighted by Crippen LogP contribution is 2.26. The van der Waals surface area contributed by atoms with Crippen molar-refractivity contribution < 1.29 is 4.79 Å². The zero-order valence-electron chi connectivity index (χ0n) is 23.2. The van der Waals surface area contributed by atoms with E-state index in [0.717, 1.165) is 48.2 Å². The van der Waals surface area contributed by atoms with E-state index >= 15 is 0 Å². The molecule has 1 aromatic carbocycles. The largest absolute Gasteiger partial charge is 0.367 e. The number of carbonyl (C=O) groups is 1. The first-order valence-corrected chi connectivity index (χ1v) is 12.8. The Kier molecular flexibility index (Phi) is 9.92. The van der Waals surface area contributed by atoms with Crippen LogP contribution in [0.4, 0.5) is 5.82 Å². The SMILES string of the molecule is CNCCN(C)Cc1cccc(-c2cc(C(=O)NCc3c(C)cc(C)[nH]c3=O)c(C=N)c(NC(C)C)n2)c1. The van der Waals surface area contributed by atoms with Crippen molar-refractivity contribution in [1.82, 2.24) is 25.5 Å². The minimum absolute atomic E-state index is 0.0493. The van der Waals surface area contributed by atoms with Crippen molar-refractivity contribution in [2.75, 3.05) is 32.5 Å². The van der Waals surface area contributed by atoms with Gasteiger partial charge >= 0.3 is 0 Å². The van der Waals surface area contributed by atoms with Gasteiger partial charge < -0.3 is 31.2 Å². The molecule has 0 saturated heterocycles. The molecule has 0 unspecified atom stereocenters. The lowest BCUT2D eigenvalue weighted by molar-refractivity contribution is 0.0950. The number of H-pyrrole nitrogens is 1. The van der Waals surface area contributed by atoms with E-state index in [4.69, 9.17) is 10.4 Å². The van der Waals surface area contributed by atoms with Crippen molar-refractivity contribution in [2.24, 2.45) is 0 Å². The van der Waals surface area contributed by atoms with Crippen LogP contribution in [0.15, 0.2) is 41.2 Å². The molecule has 2 aromatic heterocycles. The van der Waals surface area contributed by atoms with Crippen molar-refractivity contribution in [3.63, 3.8) is 0 Å². The zero-order chi connectivity index (χ0) is 27.8. The number of benzene rings is 1. The Morgan fingerprint density at radius 2 is 1.97 bits per heavy atom. The van der Waals surface area contributed by atoms with Gasteiger partial charge in [0.15, 0.2) is 0 Å². The Bertz CT molecular complexity index is 1350. The summed E-state index contributed by atoms with van der Waals surface area (Å²) in [5, 5.41) is 17.4. The van der Waals surface area contributed by atoms with Gasteiger partial charge in [0.05, 0.1) is 11.3 Å². The van der Waals surface area contributed by atoms with E-state index < -0.39 is 0 Å². The predicted octanol–water partition coefficient (Wildman–Crippen LogP) is 3.45. The highest BCUT2D eigenvalue weighted by molar-refractivity contribution is 6.05. The van der Waals surface area contributed by atoms with Crippen LogP contribution in [0.25, 0.3) is 11.3 Å². The second-order valence-electron chi connectivity index (χ2n) is 9.93. The Labute approximate surface area is 224 Å². The van der Waals surface area contributed by atoms with E-state index in [1.807, 2.05) is 52.9 Å². The highest BCUT2D eigenvalue weighted by atomic mass is 16.1. The number of nitrogens with zero attached hydrogens (tertiary/aromatic N) is 2. The Morgan fingerprint density at radius 1 is 1.21 bits per heavy atom. The second kappa shape index (κ2) is 13.1. The lowest BCUT2D eigenvalue weighted by Crippen LogP contribution is -2.29. The molecule has 0 fully saturated rings. The van der Waals surface area contributed by atoms with E-state index in [1.165, 1.54) is 0 Å². The summed E-state index contributed by atoms with van der Waals surface area (Å²) in [6.07, 6.45) is 1.15.